The van der Waals surface area contributed by atoms with Crippen LogP contribution >= 0.6 is 0 Å². The summed E-state index contributed by atoms with van der Waals surface area (Å²) in [6.07, 6.45) is 3.47. The van der Waals surface area contributed by atoms with Crippen LogP contribution in [0.15, 0.2) is 54.9 Å². The number of aromatic nitrogens is 2. The third-order valence-corrected chi connectivity index (χ3v) is 6.80. The van der Waals surface area contributed by atoms with E-state index in [2.05, 4.69) is 94.5 Å². The summed E-state index contributed by atoms with van der Waals surface area (Å²) >= 11 is 0. The summed E-state index contributed by atoms with van der Waals surface area (Å²) in [5.41, 5.74) is 8.99. The van der Waals surface area contributed by atoms with Gasteiger partial charge in [0.1, 0.15) is 6.07 Å². The molecule has 1 aliphatic rings. The van der Waals surface area contributed by atoms with Gasteiger partial charge in [0.25, 0.3) is 0 Å². The molecule has 4 aromatic rings. The average Bonchev–Trinajstić information content (AvgIpc) is 3.24. The van der Waals surface area contributed by atoms with Gasteiger partial charge in [-0.1, -0.05) is 24.3 Å². The van der Waals surface area contributed by atoms with Crippen LogP contribution < -0.4 is 5.32 Å². The van der Waals surface area contributed by atoms with Crippen molar-refractivity contribution in [2.45, 2.75) is 20.4 Å². The van der Waals surface area contributed by atoms with Gasteiger partial charge in [0, 0.05) is 73.0 Å². The van der Waals surface area contributed by atoms with Gasteiger partial charge in [0.05, 0.1) is 11.3 Å². The zero-order valence-corrected chi connectivity index (χ0v) is 20.0. The third kappa shape index (κ3) is 4.41. The van der Waals surface area contributed by atoms with Crippen LogP contribution in [-0.2, 0) is 6.54 Å². The van der Waals surface area contributed by atoms with Gasteiger partial charge >= 0.3 is 0 Å². The van der Waals surface area contributed by atoms with E-state index < -0.39 is 0 Å². The molecule has 5 rings (SSSR count). The van der Waals surface area contributed by atoms with E-state index in [1.54, 1.807) is 6.20 Å². The van der Waals surface area contributed by atoms with E-state index in [0.29, 0.717) is 5.56 Å². The number of fused-ring (bicyclic) bond motifs is 1. The van der Waals surface area contributed by atoms with Crippen LogP contribution in [0, 0.1) is 25.2 Å². The first-order valence-electron chi connectivity index (χ1n) is 11.8. The Morgan fingerprint density at radius 2 is 1.79 bits per heavy atom. The van der Waals surface area contributed by atoms with Gasteiger partial charge in [-0.05, 0) is 55.8 Å². The van der Waals surface area contributed by atoms with Gasteiger partial charge in [0.2, 0.25) is 0 Å². The quantitative estimate of drug-likeness (QED) is 0.437. The SMILES string of the molecule is Cc1cc2c(C)c(Nc3c(C#N)cncc3-c3ccc(CN4CCN(C)CC4)cc3)ccc2[nH]1. The summed E-state index contributed by atoms with van der Waals surface area (Å²) in [5.74, 6) is 0. The molecule has 0 spiro atoms. The Bertz CT molecular complexity index is 1350. The van der Waals surface area contributed by atoms with E-state index in [9.17, 15) is 5.26 Å². The van der Waals surface area contributed by atoms with E-state index in [0.717, 1.165) is 72.0 Å². The molecule has 1 aliphatic heterocycles. The monoisotopic (exact) mass is 450 g/mol. The number of piperazine rings is 1. The molecular weight excluding hydrogens is 420 g/mol. The molecule has 0 amide bonds. The maximum Gasteiger partial charge on any atom is 0.103 e. The predicted molar refractivity (Wildman–Crippen MR) is 138 cm³/mol. The Hall–Kier alpha value is -3.66. The van der Waals surface area contributed by atoms with Crippen molar-refractivity contribution in [3.63, 3.8) is 0 Å². The van der Waals surface area contributed by atoms with Gasteiger partial charge in [-0.3, -0.25) is 9.88 Å². The molecule has 6 heteroatoms. The van der Waals surface area contributed by atoms with Gasteiger partial charge in [-0.25, -0.2) is 0 Å². The molecule has 172 valence electrons. The lowest BCUT2D eigenvalue weighted by Crippen LogP contribution is -2.43. The zero-order chi connectivity index (χ0) is 23.7. The minimum Gasteiger partial charge on any atom is -0.359 e. The first-order valence-corrected chi connectivity index (χ1v) is 11.8. The highest BCUT2D eigenvalue weighted by Crippen LogP contribution is 2.35. The highest BCUT2D eigenvalue weighted by molar-refractivity contribution is 5.92. The Balaban J connectivity index is 1.44. The number of benzene rings is 2. The molecule has 0 atom stereocenters. The van der Waals surface area contributed by atoms with Crippen molar-refractivity contribution in [3.8, 4) is 17.2 Å². The molecule has 3 heterocycles. The second kappa shape index (κ2) is 9.30. The Kier molecular flexibility index (Phi) is 6.06. The fraction of sp³-hybridized carbons (Fsp3) is 0.286. The normalized spacial score (nSPS) is 14.9. The standard InChI is InChI=1S/C28H30N6/c1-19-14-24-20(2)26(8-9-27(24)31-19)32-28-23(15-29)16-30-17-25(28)22-6-4-21(5-7-22)18-34-12-10-33(3)11-13-34/h4-9,14,16-17,31H,10-13,18H2,1-3H3,(H,30,32). The molecule has 34 heavy (non-hydrogen) atoms. The van der Waals surface area contributed by atoms with Gasteiger partial charge in [-0.2, -0.15) is 5.26 Å². The van der Waals surface area contributed by atoms with Crippen molar-refractivity contribution in [2.75, 3.05) is 38.5 Å². The molecule has 0 unspecified atom stereocenters. The summed E-state index contributed by atoms with van der Waals surface area (Å²) in [5, 5.41) is 14.6. The number of hydrogen-bond acceptors (Lipinski definition) is 5. The van der Waals surface area contributed by atoms with Crippen molar-refractivity contribution < 1.29 is 0 Å². The molecular formula is C28H30N6. The summed E-state index contributed by atoms with van der Waals surface area (Å²) in [6, 6.07) is 17.3. The fourth-order valence-corrected chi connectivity index (χ4v) is 4.71. The summed E-state index contributed by atoms with van der Waals surface area (Å²) in [6.45, 7) is 9.58. The van der Waals surface area contributed by atoms with Gasteiger partial charge < -0.3 is 15.2 Å². The van der Waals surface area contributed by atoms with Crippen molar-refractivity contribution >= 4 is 22.3 Å². The van der Waals surface area contributed by atoms with Gasteiger partial charge in [0.15, 0.2) is 0 Å². The fourth-order valence-electron chi connectivity index (χ4n) is 4.71. The number of anilines is 2. The zero-order valence-electron chi connectivity index (χ0n) is 20.0. The minimum absolute atomic E-state index is 0.531. The molecule has 0 bridgehead atoms. The second-order valence-corrected chi connectivity index (χ2v) is 9.27. The van der Waals surface area contributed by atoms with Crippen LogP contribution in [0.1, 0.15) is 22.4 Å². The smallest absolute Gasteiger partial charge is 0.103 e. The maximum absolute atomic E-state index is 9.81. The van der Waals surface area contributed by atoms with E-state index >= 15 is 0 Å². The van der Waals surface area contributed by atoms with Crippen LogP contribution in [0.3, 0.4) is 0 Å². The maximum atomic E-state index is 9.81. The lowest BCUT2D eigenvalue weighted by molar-refractivity contribution is 0.148. The molecule has 6 nitrogen and oxygen atoms in total. The number of nitrogens with zero attached hydrogens (tertiary/aromatic N) is 4. The van der Waals surface area contributed by atoms with Crippen LogP contribution in [0.25, 0.3) is 22.0 Å². The second-order valence-electron chi connectivity index (χ2n) is 9.27. The minimum atomic E-state index is 0.531. The largest absolute Gasteiger partial charge is 0.359 e. The first kappa shape index (κ1) is 22.1. The van der Waals surface area contributed by atoms with Gasteiger partial charge in [-0.15, -0.1) is 0 Å². The van der Waals surface area contributed by atoms with Crippen molar-refractivity contribution in [1.29, 1.82) is 5.26 Å². The number of nitrogens with one attached hydrogen (secondary N) is 2. The number of likely N-dealkylation sites (N-methyl/N-ethyl adjacent to an activating group) is 1. The number of rotatable bonds is 5. The number of nitriles is 1. The summed E-state index contributed by atoms with van der Waals surface area (Å²) in [7, 11) is 2.18. The number of hydrogen-bond donors (Lipinski definition) is 2. The number of H-pyrrole nitrogens is 1. The Labute approximate surface area is 200 Å². The number of aromatic amines is 1. The predicted octanol–water partition coefficient (Wildman–Crippen LogP) is 5.21. The molecule has 0 aliphatic carbocycles. The lowest BCUT2D eigenvalue weighted by Gasteiger charge is -2.32. The summed E-state index contributed by atoms with van der Waals surface area (Å²) < 4.78 is 0. The summed E-state index contributed by atoms with van der Waals surface area (Å²) in [4.78, 5) is 12.6. The van der Waals surface area contributed by atoms with Crippen LogP contribution in [0.2, 0.25) is 0 Å². The lowest BCUT2D eigenvalue weighted by atomic mass is 10.0. The van der Waals surface area contributed by atoms with E-state index in [1.807, 2.05) is 6.20 Å². The Morgan fingerprint density at radius 1 is 1.03 bits per heavy atom. The molecule has 2 N–H and O–H groups in total. The molecule has 1 saturated heterocycles. The third-order valence-electron chi connectivity index (χ3n) is 6.80. The van der Waals surface area contributed by atoms with Crippen LogP contribution in [-0.4, -0.2) is 53.0 Å². The van der Waals surface area contributed by atoms with Crippen LogP contribution in [0.5, 0.6) is 0 Å². The topological polar surface area (TPSA) is 71.0 Å². The van der Waals surface area contributed by atoms with E-state index in [-0.39, 0.29) is 0 Å². The highest BCUT2D eigenvalue weighted by atomic mass is 15.2. The van der Waals surface area contributed by atoms with Crippen molar-refractivity contribution in [3.05, 3.63) is 77.2 Å². The van der Waals surface area contributed by atoms with Crippen molar-refractivity contribution in [1.82, 2.24) is 19.8 Å². The number of aryl methyl sites for hydroxylation is 2. The van der Waals surface area contributed by atoms with Crippen molar-refractivity contribution in [2.24, 2.45) is 0 Å². The Morgan fingerprint density at radius 3 is 2.53 bits per heavy atom. The average molecular weight is 451 g/mol. The number of pyridine rings is 1. The molecule has 1 fully saturated rings. The molecule has 0 saturated carbocycles. The van der Waals surface area contributed by atoms with Crippen LogP contribution in [0.4, 0.5) is 11.4 Å². The molecule has 0 radical (unpaired) electrons. The molecule has 2 aromatic carbocycles. The first-order chi connectivity index (χ1) is 16.5. The van der Waals surface area contributed by atoms with E-state index in [1.165, 1.54) is 10.9 Å². The highest BCUT2D eigenvalue weighted by Gasteiger charge is 2.16. The van der Waals surface area contributed by atoms with E-state index in [4.69, 9.17) is 0 Å². The molecule has 2 aromatic heterocycles.